The minimum atomic E-state index is -2.93. The van der Waals surface area contributed by atoms with E-state index < -0.39 is 15.7 Å². The third-order valence-electron chi connectivity index (χ3n) is 3.57. The molecule has 5 nitrogen and oxygen atoms in total. The summed E-state index contributed by atoms with van der Waals surface area (Å²) in [6.45, 7) is 1.26. The number of Topliss-reactive ketones (excluding diaryl/α,β-unsaturated/α-hetero) is 1. The van der Waals surface area contributed by atoms with E-state index in [0.29, 0.717) is 19.6 Å². The van der Waals surface area contributed by atoms with E-state index in [0.717, 1.165) is 0 Å². The van der Waals surface area contributed by atoms with Crippen molar-refractivity contribution in [2.24, 2.45) is 0 Å². The summed E-state index contributed by atoms with van der Waals surface area (Å²) in [7, 11) is -1.54. The van der Waals surface area contributed by atoms with Crippen molar-refractivity contribution in [2.75, 3.05) is 38.2 Å². The third-order valence-corrected chi connectivity index (χ3v) is 5.18. The number of benzene rings is 1. The molecule has 116 valence electrons. The Kier molecular flexibility index (Phi) is 4.95. The molecule has 0 spiro atoms. The van der Waals surface area contributed by atoms with Gasteiger partial charge in [0.05, 0.1) is 24.2 Å². The number of halogens is 1. The molecule has 0 aliphatic carbocycles. The van der Waals surface area contributed by atoms with Crippen LogP contribution in [0, 0.1) is 5.82 Å². The number of nitrogens with zero attached hydrogens (tertiary/aromatic N) is 1. The summed E-state index contributed by atoms with van der Waals surface area (Å²) in [5.74, 6) is -0.478. The van der Waals surface area contributed by atoms with Gasteiger partial charge in [-0.25, -0.2) is 12.8 Å². The zero-order chi connectivity index (χ0) is 15.5. The number of ether oxygens (including phenoxy) is 1. The second-order valence-corrected chi connectivity index (χ2v) is 7.29. The van der Waals surface area contributed by atoms with Gasteiger partial charge in [0.15, 0.2) is 15.6 Å². The lowest BCUT2D eigenvalue weighted by Crippen LogP contribution is -2.41. The SMILES string of the molecule is COc1cccc(F)c1C(=O)CCN1CCS(=O)(=O)CC1. The van der Waals surface area contributed by atoms with Crippen LogP contribution in [-0.4, -0.2) is 57.4 Å². The van der Waals surface area contributed by atoms with Gasteiger partial charge >= 0.3 is 0 Å². The predicted octanol–water partition coefficient (Wildman–Crippen LogP) is 1.14. The highest BCUT2D eigenvalue weighted by atomic mass is 32.2. The Morgan fingerprint density at radius 1 is 1.33 bits per heavy atom. The lowest BCUT2D eigenvalue weighted by atomic mass is 10.1. The number of hydrogen-bond acceptors (Lipinski definition) is 5. The maximum absolute atomic E-state index is 13.8. The molecule has 1 heterocycles. The Morgan fingerprint density at radius 3 is 2.62 bits per heavy atom. The van der Waals surface area contributed by atoms with Crippen LogP contribution in [-0.2, 0) is 9.84 Å². The molecule has 21 heavy (non-hydrogen) atoms. The minimum absolute atomic E-state index is 0.0374. The van der Waals surface area contributed by atoms with E-state index in [1.807, 2.05) is 4.90 Å². The summed E-state index contributed by atoms with van der Waals surface area (Å²) in [5, 5.41) is 0. The van der Waals surface area contributed by atoms with Gasteiger partial charge in [-0.05, 0) is 12.1 Å². The Morgan fingerprint density at radius 2 is 2.00 bits per heavy atom. The number of rotatable bonds is 5. The van der Waals surface area contributed by atoms with E-state index in [-0.39, 0.29) is 35.0 Å². The minimum Gasteiger partial charge on any atom is -0.496 e. The zero-order valence-electron chi connectivity index (χ0n) is 11.8. The summed E-state index contributed by atoms with van der Waals surface area (Å²) < 4.78 is 41.4. The molecule has 0 N–H and O–H groups in total. The van der Waals surface area contributed by atoms with Gasteiger partial charge in [-0.2, -0.15) is 0 Å². The Hall–Kier alpha value is -1.47. The van der Waals surface area contributed by atoms with E-state index in [2.05, 4.69) is 0 Å². The van der Waals surface area contributed by atoms with Crippen LogP contribution in [0.15, 0.2) is 18.2 Å². The fraction of sp³-hybridized carbons (Fsp3) is 0.500. The van der Waals surface area contributed by atoms with Crippen LogP contribution in [0.5, 0.6) is 5.75 Å². The first-order chi connectivity index (χ1) is 9.93. The molecule has 0 bridgehead atoms. The maximum atomic E-state index is 13.8. The highest BCUT2D eigenvalue weighted by Crippen LogP contribution is 2.22. The molecule has 0 aromatic heterocycles. The van der Waals surface area contributed by atoms with Gasteiger partial charge < -0.3 is 9.64 Å². The first-order valence-electron chi connectivity index (χ1n) is 6.71. The Bertz CT molecular complexity index is 616. The van der Waals surface area contributed by atoms with Crippen LogP contribution in [0.25, 0.3) is 0 Å². The summed E-state index contributed by atoms with van der Waals surface area (Å²) in [4.78, 5) is 14.1. The van der Waals surface area contributed by atoms with E-state index in [4.69, 9.17) is 4.74 Å². The molecule has 1 aliphatic rings. The quantitative estimate of drug-likeness (QED) is 0.762. The molecule has 1 aromatic rings. The molecule has 0 unspecified atom stereocenters. The van der Waals surface area contributed by atoms with Gasteiger partial charge in [-0.15, -0.1) is 0 Å². The summed E-state index contributed by atoms with van der Waals surface area (Å²) in [6, 6.07) is 4.26. The largest absolute Gasteiger partial charge is 0.496 e. The second kappa shape index (κ2) is 6.53. The van der Waals surface area contributed by atoms with Crippen LogP contribution in [0.3, 0.4) is 0 Å². The van der Waals surface area contributed by atoms with Gasteiger partial charge in [-0.3, -0.25) is 4.79 Å². The number of sulfone groups is 1. The van der Waals surface area contributed by atoms with E-state index >= 15 is 0 Å². The van der Waals surface area contributed by atoms with Crippen molar-refractivity contribution in [3.05, 3.63) is 29.6 Å². The van der Waals surface area contributed by atoms with Crippen LogP contribution in [0.2, 0.25) is 0 Å². The standard InChI is InChI=1S/C14H18FNO4S/c1-20-13-4-2-3-11(15)14(13)12(17)5-6-16-7-9-21(18,19)10-8-16/h2-4H,5-10H2,1H3. The average molecular weight is 315 g/mol. The zero-order valence-corrected chi connectivity index (χ0v) is 12.7. The molecule has 0 radical (unpaired) electrons. The average Bonchev–Trinajstić information content (AvgIpc) is 2.45. The van der Waals surface area contributed by atoms with Gasteiger partial charge in [0, 0.05) is 26.1 Å². The van der Waals surface area contributed by atoms with Gasteiger partial charge in [-0.1, -0.05) is 6.07 Å². The van der Waals surface area contributed by atoms with Crippen molar-refractivity contribution in [3.8, 4) is 5.75 Å². The second-order valence-electron chi connectivity index (χ2n) is 4.98. The number of methoxy groups -OCH3 is 1. The smallest absolute Gasteiger partial charge is 0.170 e. The van der Waals surface area contributed by atoms with Crippen molar-refractivity contribution in [3.63, 3.8) is 0 Å². The fourth-order valence-corrected chi connectivity index (χ4v) is 3.58. The topological polar surface area (TPSA) is 63.7 Å². The van der Waals surface area contributed by atoms with E-state index in [1.165, 1.54) is 19.2 Å². The van der Waals surface area contributed by atoms with E-state index in [9.17, 15) is 17.6 Å². The summed E-state index contributed by atoms with van der Waals surface area (Å²) in [5.41, 5.74) is -0.0374. The van der Waals surface area contributed by atoms with Crippen molar-refractivity contribution in [2.45, 2.75) is 6.42 Å². The first kappa shape index (κ1) is 15.9. The molecule has 0 atom stereocenters. The van der Waals surface area contributed by atoms with Crippen LogP contribution < -0.4 is 4.74 Å². The maximum Gasteiger partial charge on any atom is 0.170 e. The molecular formula is C14H18FNO4S. The number of ketones is 1. The van der Waals surface area contributed by atoms with Crippen molar-refractivity contribution >= 4 is 15.6 Å². The van der Waals surface area contributed by atoms with Crippen LogP contribution in [0.4, 0.5) is 4.39 Å². The Balaban J connectivity index is 1.97. The molecule has 1 aliphatic heterocycles. The molecule has 1 saturated heterocycles. The number of hydrogen-bond donors (Lipinski definition) is 0. The van der Waals surface area contributed by atoms with Gasteiger partial charge in [0.1, 0.15) is 11.6 Å². The summed E-state index contributed by atoms with van der Waals surface area (Å²) >= 11 is 0. The first-order valence-corrected chi connectivity index (χ1v) is 8.53. The lowest BCUT2D eigenvalue weighted by Gasteiger charge is -2.26. The predicted molar refractivity (Wildman–Crippen MR) is 77.0 cm³/mol. The summed E-state index contributed by atoms with van der Waals surface area (Å²) in [6.07, 6.45) is 0.136. The highest BCUT2D eigenvalue weighted by molar-refractivity contribution is 7.91. The molecule has 0 saturated carbocycles. The van der Waals surface area contributed by atoms with Crippen molar-refractivity contribution < 1.29 is 22.3 Å². The normalized spacial score (nSPS) is 18.4. The highest BCUT2D eigenvalue weighted by Gasteiger charge is 2.23. The monoisotopic (exact) mass is 315 g/mol. The number of carbonyl (C=O) groups excluding carboxylic acids is 1. The van der Waals surface area contributed by atoms with E-state index in [1.54, 1.807) is 6.07 Å². The van der Waals surface area contributed by atoms with Crippen LogP contribution >= 0.6 is 0 Å². The van der Waals surface area contributed by atoms with Gasteiger partial charge in [0.2, 0.25) is 0 Å². The molecule has 2 rings (SSSR count). The molecule has 1 aromatic carbocycles. The number of carbonyl (C=O) groups is 1. The fourth-order valence-electron chi connectivity index (χ4n) is 2.30. The Labute approximate surface area is 123 Å². The molecule has 7 heteroatoms. The molecule has 1 fully saturated rings. The molecule has 0 amide bonds. The third kappa shape index (κ3) is 4.01. The van der Waals surface area contributed by atoms with Gasteiger partial charge in [0.25, 0.3) is 0 Å². The van der Waals surface area contributed by atoms with Crippen molar-refractivity contribution in [1.29, 1.82) is 0 Å². The molecular weight excluding hydrogens is 297 g/mol. The van der Waals surface area contributed by atoms with Crippen molar-refractivity contribution in [1.82, 2.24) is 4.90 Å². The van der Waals surface area contributed by atoms with Crippen LogP contribution in [0.1, 0.15) is 16.8 Å². The lowest BCUT2D eigenvalue weighted by molar-refractivity contribution is 0.0959.